The van der Waals surface area contributed by atoms with E-state index in [9.17, 15) is 9.18 Å². The van der Waals surface area contributed by atoms with Gasteiger partial charge in [-0.05, 0) is 12.1 Å². The first-order valence-corrected chi connectivity index (χ1v) is 4.99. The summed E-state index contributed by atoms with van der Waals surface area (Å²) in [6, 6.07) is 4.24. The normalized spacial score (nSPS) is 9.64. The minimum absolute atomic E-state index is 0.154. The Hall–Kier alpha value is -1.10. The van der Waals surface area contributed by atoms with E-state index in [1.165, 1.54) is 19.2 Å². The smallest absolute Gasteiger partial charge is 0.235 e. The van der Waals surface area contributed by atoms with Gasteiger partial charge < -0.3 is 10.1 Å². The molecule has 0 radical (unpaired) electrons. The molecule has 0 bridgehead atoms. The molecule has 0 aromatic heterocycles. The van der Waals surface area contributed by atoms with E-state index in [0.717, 1.165) is 0 Å². The van der Waals surface area contributed by atoms with Crippen LogP contribution in [0.4, 0.5) is 10.1 Å². The summed E-state index contributed by atoms with van der Waals surface area (Å²) >= 11 is 2.99. The van der Waals surface area contributed by atoms with Gasteiger partial charge in [-0.2, -0.15) is 0 Å². The number of ether oxygens (including phenoxy) is 1. The number of hydrogen-bond acceptors (Lipinski definition) is 2. The summed E-state index contributed by atoms with van der Waals surface area (Å²) < 4.78 is 17.9. The van der Waals surface area contributed by atoms with E-state index in [2.05, 4.69) is 21.2 Å². The van der Waals surface area contributed by atoms with Crippen LogP contribution in [0.1, 0.15) is 0 Å². The van der Waals surface area contributed by atoms with Gasteiger partial charge in [-0.1, -0.05) is 15.9 Å². The molecule has 1 N–H and O–H groups in total. The van der Waals surface area contributed by atoms with Gasteiger partial charge in [0, 0.05) is 11.8 Å². The molecule has 76 valence electrons. The Morgan fingerprint density at radius 3 is 2.86 bits per heavy atom. The summed E-state index contributed by atoms with van der Waals surface area (Å²) in [6.45, 7) is 0. The lowest BCUT2D eigenvalue weighted by molar-refractivity contribution is -0.113. The lowest BCUT2D eigenvalue weighted by Gasteiger charge is -2.05. The van der Waals surface area contributed by atoms with E-state index in [1.54, 1.807) is 6.07 Å². The van der Waals surface area contributed by atoms with Gasteiger partial charge in [-0.3, -0.25) is 4.79 Å². The van der Waals surface area contributed by atoms with Crippen molar-refractivity contribution in [3.8, 4) is 5.75 Å². The zero-order valence-electron chi connectivity index (χ0n) is 7.51. The lowest BCUT2D eigenvalue weighted by atomic mass is 10.3. The van der Waals surface area contributed by atoms with Crippen LogP contribution in [-0.2, 0) is 4.79 Å². The van der Waals surface area contributed by atoms with Crippen molar-refractivity contribution in [2.24, 2.45) is 0 Å². The Balaban J connectivity index is 2.81. The first-order valence-electron chi connectivity index (χ1n) is 3.86. The highest BCUT2D eigenvalue weighted by Gasteiger charge is 2.05. The van der Waals surface area contributed by atoms with Gasteiger partial charge in [0.2, 0.25) is 5.91 Å². The van der Waals surface area contributed by atoms with E-state index >= 15 is 0 Å². The third-order valence-corrected chi connectivity index (χ3v) is 2.07. The van der Waals surface area contributed by atoms with Crippen LogP contribution in [0, 0.1) is 5.82 Å². The van der Waals surface area contributed by atoms with Crippen molar-refractivity contribution in [1.82, 2.24) is 0 Å². The SMILES string of the molecule is COc1ccc(NC(=O)CBr)cc1F. The number of methoxy groups -OCH3 is 1. The van der Waals surface area contributed by atoms with Crippen LogP contribution in [0.5, 0.6) is 5.75 Å². The first-order chi connectivity index (χ1) is 6.67. The molecule has 0 spiro atoms. The third kappa shape index (κ3) is 2.70. The second-order valence-electron chi connectivity index (χ2n) is 2.53. The van der Waals surface area contributed by atoms with Gasteiger partial charge >= 0.3 is 0 Å². The van der Waals surface area contributed by atoms with Gasteiger partial charge in [0.1, 0.15) is 0 Å². The molecule has 0 saturated heterocycles. The molecule has 0 aliphatic rings. The molecular formula is C9H9BrFNO2. The molecule has 3 nitrogen and oxygen atoms in total. The van der Waals surface area contributed by atoms with Crippen molar-refractivity contribution in [2.75, 3.05) is 17.8 Å². The van der Waals surface area contributed by atoms with E-state index in [-0.39, 0.29) is 17.0 Å². The molecule has 0 aliphatic heterocycles. The van der Waals surface area contributed by atoms with Crippen molar-refractivity contribution in [1.29, 1.82) is 0 Å². The van der Waals surface area contributed by atoms with Crippen molar-refractivity contribution in [2.45, 2.75) is 0 Å². The monoisotopic (exact) mass is 261 g/mol. The standard InChI is InChI=1S/C9H9BrFNO2/c1-14-8-3-2-6(4-7(8)11)12-9(13)5-10/h2-4H,5H2,1H3,(H,12,13). The Morgan fingerprint density at radius 1 is 1.64 bits per heavy atom. The number of hydrogen-bond donors (Lipinski definition) is 1. The number of alkyl halides is 1. The number of carbonyl (C=O) groups is 1. The van der Waals surface area contributed by atoms with E-state index in [0.29, 0.717) is 5.69 Å². The average molecular weight is 262 g/mol. The summed E-state index contributed by atoms with van der Waals surface area (Å²) in [7, 11) is 1.38. The zero-order valence-corrected chi connectivity index (χ0v) is 9.10. The summed E-state index contributed by atoms with van der Waals surface area (Å²) in [6.07, 6.45) is 0. The summed E-state index contributed by atoms with van der Waals surface area (Å²) in [5.41, 5.74) is 0.410. The molecule has 0 unspecified atom stereocenters. The van der Waals surface area contributed by atoms with Gasteiger partial charge in [0.25, 0.3) is 0 Å². The number of benzene rings is 1. The second kappa shape index (κ2) is 4.95. The quantitative estimate of drug-likeness (QED) is 0.848. The van der Waals surface area contributed by atoms with Crippen molar-refractivity contribution >= 4 is 27.5 Å². The fraction of sp³-hybridized carbons (Fsp3) is 0.222. The fourth-order valence-electron chi connectivity index (χ4n) is 0.939. The zero-order chi connectivity index (χ0) is 10.6. The van der Waals surface area contributed by atoms with E-state index in [1.807, 2.05) is 0 Å². The van der Waals surface area contributed by atoms with Crippen LogP contribution < -0.4 is 10.1 Å². The molecule has 0 aliphatic carbocycles. The van der Waals surface area contributed by atoms with Gasteiger partial charge in [-0.25, -0.2) is 4.39 Å². The molecule has 1 aromatic carbocycles. The Morgan fingerprint density at radius 2 is 2.36 bits per heavy atom. The largest absolute Gasteiger partial charge is 0.494 e. The molecule has 0 heterocycles. The molecule has 5 heteroatoms. The fourth-order valence-corrected chi connectivity index (χ4v) is 1.08. The molecule has 14 heavy (non-hydrogen) atoms. The molecule has 1 aromatic rings. The Kier molecular flexibility index (Phi) is 3.88. The number of carbonyl (C=O) groups excluding carboxylic acids is 1. The lowest BCUT2D eigenvalue weighted by Crippen LogP contribution is -2.12. The predicted octanol–water partition coefficient (Wildman–Crippen LogP) is 2.17. The third-order valence-electron chi connectivity index (χ3n) is 1.56. The van der Waals surface area contributed by atoms with Gasteiger partial charge in [-0.15, -0.1) is 0 Å². The maximum atomic E-state index is 13.1. The molecule has 0 atom stereocenters. The highest BCUT2D eigenvalue weighted by Crippen LogP contribution is 2.20. The van der Waals surface area contributed by atoms with Crippen molar-refractivity contribution in [3.63, 3.8) is 0 Å². The number of amides is 1. The summed E-state index contributed by atoms with van der Waals surface area (Å²) in [5, 5.41) is 2.68. The van der Waals surface area contributed by atoms with Crippen LogP contribution >= 0.6 is 15.9 Å². The maximum absolute atomic E-state index is 13.1. The molecule has 1 rings (SSSR count). The molecule has 1 amide bonds. The number of rotatable bonds is 3. The first kappa shape index (κ1) is 11.0. The minimum atomic E-state index is -0.500. The number of anilines is 1. The highest BCUT2D eigenvalue weighted by molar-refractivity contribution is 9.09. The maximum Gasteiger partial charge on any atom is 0.235 e. The highest BCUT2D eigenvalue weighted by atomic mass is 79.9. The minimum Gasteiger partial charge on any atom is -0.494 e. The van der Waals surface area contributed by atoms with Crippen LogP contribution in [0.2, 0.25) is 0 Å². The van der Waals surface area contributed by atoms with Gasteiger partial charge in [0.05, 0.1) is 12.4 Å². The molecule has 0 fully saturated rings. The summed E-state index contributed by atoms with van der Waals surface area (Å²) in [5.74, 6) is -0.573. The molecule has 0 saturated carbocycles. The van der Waals surface area contributed by atoms with Crippen molar-refractivity contribution < 1.29 is 13.9 Å². The van der Waals surface area contributed by atoms with Crippen LogP contribution in [0.25, 0.3) is 0 Å². The Bertz CT molecular complexity index is 344. The average Bonchev–Trinajstić information content (AvgIpc) is 2.18. The van der Waals surface area contributed by atoms with E-state index < -0.39 is 5.82 Å². The number of nitrogens with one attached hydrogen (secondary N) is 1. The summed E-state index contributed by atoms with van der Waals surface area (Å²) in [4.78, 5) is 10.9. The Labute approximate surface area is 89.4 Å². The predicted molar refractivity (Wildman–Crippen MR) is 55.4 cm³/mol. The van der Waals surface area contributed by atoms with Crippen LogP contribution in [0.15, 0.2) is 18.2 Å². The van der Waals surface area contributed by atoms with Gasteiger partial charge in [0.15, 0.2) is 11.6 Å². The molecular weight excluding hydrogens is 253 g/mol. The topological polar surface area (TPSA) is 38.3 Å². The van der Waals surface area contributed by atoms with Crippen molar-refractivity contribution in [3.05, 3.63) is 24.0 Å². The van der Waals surface area contributed by atoms with E-state index in [4.69, 9.17) is 4.74 Å². The van der Waals surface area contributed by atoms with Crippen LogP contribution in [-0.4, -0.2) is 18.3 Å². The number of halogens is 2. The second-order valence-corrected chi connectivity index (χ2v) is 3.09. The van der Waals surface area contributed by atoms with Crippen LogP contribution in [0.3, 0.4) is 0 Å².